The maximum atomic E-state index is 12.5. The molecule has 0 aromatic heterocycles. The topological polar surface area (TPSA) is 37.4 Å². The standard InChI is InChI=1S/C22H19NO2/c1-22(2)17-10-6-7-11-18(17)23(3)19(22)13-12-16-20(24)14-8-4-5-9-15(14)21(16)25/h4-13H,1-3H3/b19-13+. The van der Waals surface area contributed by atoms with Crippen LogP contribution in [0.5, 0.6) is 0 Å². The fourth-order valence-electron chi connectivity index (χ4n) is 3.89. The molecule has 0 fully saturated rings. The van der Waals surface area contributed by atoms with Gasteiger partial charge in [0.1, 0.15) is 0 Å². The minimum Gasteiger partial charge on any atom is -0.347 e. The molecule has 0 N–H and O–H groups in total. The number of hydrogen-bond donors (Lipinski definition) is 0. The molecule has 0 radical (unpaired) electrons. The number of rotatable bonds is 1. The van der Waals surface area contributed by atoms with Crippen LogP contribution in [0.25, 0.3) is 0 Å². The maximum absolute atomic E-state index is 12.5. The fraction of sp³-hybridized carbons (Fsp3) is 0.182. The Balaban J connectivity index is 1.78. The summed E-state index contributed by atoms with van der Waals surface area (Å²) in [6, 6.07) is 15.3. The van der Waals surface area contributed by atoms with Gasteiger partial charge in [0.25, 0.3) is 0 Å². The second-order valence-electron chi connectivity index (χ2n) is 7.04. The molecule has 1 heterocycles. The Hall–Kier alpha value is -2.94. The summed E-state index contributed by atoms with van der Waals surface area (Å²) in [7, 11) is 2.02. The Morgan fingerprint density at radius 2 is 1.40 bits per heavy atom. The Labute approximate surface area is 147 Å². The highest BCUT2D eigenvalue weighted by atomic mass is 16.2. The van der Waals surface area contributed by atoms with Crippen LogP contribution < -0.4 is 4.90 Å². The van der Waals surface area contributed by atoms with E-state index < -0.39 is 0 Å². The first-order chi connectivity index (χ1) is 11.9. The van der Waals surface area contributed by atoms with E-state index in [1.807, 2.05) is 25.3 Å². The lowest BCUT2D eigenvalue weighted by Crippen LogP contribution is -2.22. The van der Waals surface area contributed by atoms with Crippen molar-refractivity contribution in [3.05, 3.63) is 88.6 Å². The lowest BCUT2D eigenvalue weighted by molar-refractivity contribution is 0.0989. The van der Waals surface area contributed by atoms with Gasteiger partial charge in [0.15, 0.2) is 11.6 Å². The van der Waals surface area contributed by atoms with Crippen molar-refractivity contribution in [2.24, 2.45) is 0 Å². The van der Waals surface area contributed by atoms with Gasteiger partial charge in [-0.2, -0.15) is 0 Å². The zero-order valence-electron chi connectivity index (χ0n) is 14.5. The largest absolute Gasteiger partial charge is 0.347 e. The number of fused-ring (bicyclic) bond motifs is 2. The van der Waals surface area contributed by atoms with Gasteiger partial charge < -0.3 is 4.90 Å². The Morgan fingerprint density at radius 1 is 0.840 bits per heavy atom. The van der Waals surface area contributed by atoms with Crippen LogP contribution >= 0.6 is 0 Å². The smallest absolute Gasteiger partial charge is 0.197 e. The molecule has 2 aliphatic rings. The normalized spacial score (nSPS) is 19.4. The van der Waals surface area contributed by atoms with Crippen LogP contribution in [0.15, 0.2) is 72.0 Å². The van der Waals surface area contributed by atoms with Gasteiger partial charge in [-0.15, -0.1) is 0 Å². The number of ketones is 2. The summed E-state index contributed by atoms with van der Waals surface area (Å²) in [6.45, 7) is 4.32. The van der Waals surface area contributed by atoms with E-state index in [0.29, 0.717) is 11.1 Å². The van der Waals surface area contributed by atoms with Gasteiger partial charge in [-0.1, -0.05) is 56.3 Å². The molecule has 3 heteroatoms. The summed E-state index contributed by atoms with van der Waals surface area (Å²) in [6.07, 6.45) is 3.60. The third-order valence-electron chi connectivity index (χ3n) is 5.25. The van der Waals surface area contributed by atoms with Gasteiger partial charge in [0, 0.05) is 35.0 Å². The van der Waals surface area contributed by atoms with Gasteiger partial charge in [-0.3, -0.25) is 9.59 Å². The van der Waals surface area contributed by atoms with Crippen LogP contribution in [0.3, 0.4) is 0 Å². The number of hydrogen-bond acceptors (Lipinski definition) is 3. The molecule has 0 spiro atoms. The highest BCUT2D eigenvalue weighted by Gasteiger charge is 2.38. The number of carbonyl (C=O) groups excluding carboxylic acids is 2. The first-order valence-electron chi connectivity index (χ1n) is 8.37. The number of anilines is 1. The van der Waals surface area contributed by atoms with E-state index in [1.54, 1.807) is 30.3 Å². The van der Waals surface area contributed by atoms with Crippen LogP contribution in [-0.4, -0.2) is 18.6 Å². The summed E-state index contributed by atoms with van der Waals surface area (Å²) in [5.74, 6) is -0.373. The lowest BCUT2D eigenvalue weighted by Gasteiger charge is -2.23. The second kappa shape index (κ2) is 5.28. The van der Waals surface area contributed by atoms with E-state index >= 15 is 0 Å². The Morgan fingerprint density at radius 3 is 2.00 bits per heavy atom. The SMILES string of the molecule is CN1/C(=C/C=C2C(=O)c3ccccc3C2=O)C(C)(C)c2ccccc21. The fourth-order valence-corrected chi connectivity index (χ4v) is 3.89. The summed E-state index contributed by atoms with van der Waals surface area (Å²) in [4.78, 5) is 27.2. The number of Topliss-reactive ketones (excluding diaryl/α,β-unsaturated/α-hetero) is 2. The zero-order chi connectivity index (χ0) is 17.8. The van der Waals surface area contributed by atoms with E-state index in [9.17, 15) is 9.59 Å². The molecule has 4 rings (SSSR count). The van der Waals surface area contributed by atoms with Gasteiger partial charge >= 0.3 is 0 Å². The van der Waals surface area contributed by atoms with E-state index in [4.69, 9.17) is 0 Å². The van der Waals surface area contributed by atoms with Crippen molar-refractivity contribution < 1.29 is 9.59 Å². The molecule has 1 aliphatic heterocycles. The summed E-state index contributed by atoms with van der Waals surface area (Å²) < 4.78 is 0. The summed E-state index contributed by atoms with van der Waals surface area (Å²) in [5, 5.41) is 0. The summed E-state index contributed by atoms with van der Waals surface area (Å²) in [5.41, 5.74) is 4.53. The van der Waals surface area contributed by atoms with Crippen LogP contribution in [0.1, 0.15) is 40.1 Å². The van der Waals surface area contributed by atoms with Crippen LogP contribution in [-0.2, 0) is 5.41 Å². The molecule has 0 amide bonds. The first-order valence-corrected chi connectivity index (χ1v) is 8.37. The van der Waals surface area contributed by atoms with Gasteiger partial charge in [0.2, 0.25) is 0 Å². The van der Waals surface area contributed by atoms with Crippen molar-refractivity contribution in [2.45, 2.75) is 19.3 Å². The van der Waals surface area contributed by atoms with Gasteiger partial charge in [0.05, 0.1) is 5.57 Å². The van der Waals surface area contributed by atoms with E-state index in [-0.39, 0.29) is 22.6 Å². The Kier molecular flexibility index (Phi) is 3.29. The number of likely N-dealkylation sites (N-methyl/N-ethyl adjacent to an activating group) is 1. The quantitative estimate of drug-likeness (QED) is 0.578. The second-order valence-corrected chi connectivity index (χ2v) is 7.04. The van der Waals surface area contributed by atoms with Crippen LogP contribution in [0.4, 0.5) is 5.69 Å². The molecular weight excluding hydrogens is 310 g/mol. The molecule has 2 aromatic rings. The average Bonchev–Trinajstić information content (AvgIpc) is 2.97. The molecule has 124 valence electrons. The van der Waals surface area contributed by atoms with Crippen molar-refractivity contribution in [1.82, 2.24) is 0 Å². The minimum atomic E-state index is -0.187. The van der Waals surface area contributed by atoms with Crippen LogP contribution in [0.2, 0.25) is 0 Å². The van der Waals surface area contributed by atoms with Crippen molar-refractivity contribution >= 4 is 17.3 Å². The zero-order valence-corrected chi connectivity index (χ0v) is 14.5. The minimum absolute atomic E-state index is 0.181. The lowest BCUT2D eigenvalue weighted by atomic mass is 9.83. The van der Waals surface area contributed by atoms with Crippen molar-refractivity contribution in [3.63, 3.8) is 0 Å². The molecule has 0 saturated carbocycles. The van der Waals surface area contributed by atoms with Gasteiger partial charge in [-0.25, -0.2) is 0 Å². The predicted molar refractivity (Wildman–Crippen MR) is 99.1 cm³/mol. The highest BCUT2D eigenvalue weighted by Crippen LogP contribution is 2.46. The molecule has 25 heavy (non-hydrogen) atoms. The monoisotopic (exact) mass is 329 g/mol. The van der Waals surface area contributed by atoms with Crippen molar-refractivity contribution in [2.75, 3.05) is 11.9 Å². The van der Waals surface area contributed by atoms with Gasteiger partial charge in [-0.05, 0) is 23.8 Å². The molecule has 0 saturated heterocycles. The summed E-state index contributed by atoms with van der Waals surface area (Å²) >= 11 is 0. The first kappa shape index (κ1) is 15.6. The molecular formula is C22H19NO2. The predicted octanol–water partition coefficient (Wildman–Crippen LogP) is 4.30. The molecule has 2 aromatic carbocycles. The molecule has 0 atom stereocenters. The number of nitrogens with zero attached hydrogens (tertiary/aromatic N) is 1. The van der Waals surface area contributed by atoms with E-state index in [0.717, 1.165) is 11.4 Å². The molecule has 0 bridgehead atoms. The van der Waals surface area contributed by atoms with E-state index in [1.165, 1.54) is 5.56 Å². The average molecular weight is 329 g/mol. The highest BCUT2D eigenvalue weighted by molar-refractivity contribution is 6.39. The number of benzene rings is 2. The number of para-hydroxylation sites is 1. The van der Waals surface area contributed by atoms with Crippen molar-refractivity contribution in [3.8, 4) is 0 Å². The van der Waals surface area contributed by atoms with Crippen LogP contribution in [0, 0.1) is 0 Å². The molecule has 3 nitrogen and oxygen atoms in total. The van der Waals surface area contributed by atoms with E-state index in [2.05, 4.69) is 30.9 Å². The number of allylic oxidation sites excluding steroid dienone is 4. The molecule has 1 aliphatic carbocycles. The Bertz CT molecular complexity index is 942. The van der Waals surface area contributed by atoms with Crippen molar-refractivity contribution in [1.29, 1.82) is 0 Å². The molecule has 0 unspecified atom stereocenters. The maximum Gasteiger partial charge on any atom is 0.197 e. The third kappa shape index (κ3) is 2.12. The number of carbonyl (C=O) groups is 2. The third-order valence-corrected chi connectivity index (χ3v) is 5.25.